The summed E-state index contributed by atoms with van der Waals surface area (Å²) in [7, 11) is 0. The third kappa shape index (κ3) is 2.09. The second-order valence-electron chi connectivity index (χ2n) is 3.35. The largest absolute Gasteiger partial charge is 0.354 e. The van der Waals surface area contributed by atoms with Crippen molar-refractivity contribution < 1.29 is 4.92 Å². The molecule has 0 aromatic heterocycles. The second kappa shape index (κ2) is 4.47. The molecule has 1 heterocycles. The van der Waals surface area contributed by atoms with E-state index in [4.69, 9.17) is 0 Å². The highest BCUT2D eigenvalue weighted by Gasteiger charge is 2.18. The molecule has 0 atom stereocenters. The Morgan fingerprint density at radius 1 is 1.35 bits per heavy atom. The van der Waals surface area contributed by atoms with Crippen LogP contribution in [0.15, 0.2) is 59.0 Å². The van der Waals surface area contributed by atoms with Gasteiger partial charge in [0, 0.05) is 21.9 Å². The van der Waals surface area contributed by atoms with Crippen molar-refractivity contribution >= 4 is 23.1 Å². The maximum Gasteiger partial charge on any atom is 0.270 e. The molecule has 5 heteroatoms. The Balaban J connectivity index is 2.45. The molecule has 1 aromatic carbocycles. The molecule has 0 unspecified atom stereocenters. The summed E-state index contributed by atoms with van der Waals surface area (Å²) in [6.45, 7) is 7.42. The maximum absolute atomic E-state index is 10.7. The number of nitrogens with zero attached hydrogens (tertiary/aromatic N) is 1. The molecular weight excluding hydrogens is 236 g/mol. The van der Waals surface area contributed by atoms with Crippen molar-refractivity contribution in [2.75, 3.05) is 5.32 Å². The Hall–Kier alpha value is -2.01. The highest BCUT2D eigenvalue weighted by Crippen LogP contribution is 2.41. The molecule has 0 radical (unpaired) electrons. The Morgan fingerprint density at radius 3 is 2.71 bits per heavy atom. The molecule has 2 rings (SSSR count). The average Bonchev–Trinajstić information content (AvgIpc) is 2.36. The molecule has 0 amide bonds. The fraction of sp³-hybridized carbons (Fsp3) is 0. The SMILES string of the molecule is C=CC1=C(C=C)Sc2cc([N+](=O)[O-])ccc2N1. The number of anilines is 1. The molecule has 0 saturated heterocycles. The van der Waals surface area contributed by atoms with E-state index in [1.54, 1.807) is 24.3 Å². The number of hydrogen-bond donors (Lipinski definition) is 1. The number of benzene rings is 1. The zero-order valence-electron chi connectivity index (χ0n) is 8.97. The Labute approximate surface area is 103 Å². The lowest BCUT2D eigenvalue weighted by Crippen LogP contribution is -2.05. The van der Waals surface area contributed by atoms with Crippen molar-refractivity contribution in [2.24, 2.45) is 0 Å². The highest BCUT2D eigenvalue weighted by molar-refractivity contribution is 8.03. The van der Waals surface area contributed by atoms with Gasteiger partial charge in [0.25, 0.3) is 5.69 Å². The number of nitrogens with one attached hydrogen (secondary N) is 1. The van der Waals surface area contributed by atoms with Gasteiger partial charge in [-0.15, -0.1) is 0 Å². The lowest BCUT2D eigenvalue weighted by molar-refractivity contribution is -0.385. The monoisotopic (exact) mass is 246 g/mol. The van der Waals surface area contributed by atoms with Gasteiger partial charge in [0.15, 0.2) is 0 Å². The van der Waals surface area contributed by atoms with E-state index < -0.39 is 4.92 Å². The van der Waals surface area contributed by atoms with Crippen LogP contribution in [0.4, 0.5) is 11.4 Å². The van der Waals surface area contributed by atoms with Gasteiger partial charge in [-0.3, -0.25) is 10.1 Å². The third-order valence-corrected chi connectivity index (χ3v) is 3.48. The highest BCUT2D eigenvalue weighted by atomic mass is 32.2. The van der Waals surface area contributed by atoms with Crippen molar-refractivity contribution in [1.29, 1.82) is 0 Å². The van der Waals surface area contributed by atoms with Gasteiger partial charge in [-0.1, -0.05) is 31.0 Å². The van der Waals surface area contributed by atoms with E-state index in [-0.39, 0.29) is 5.69 Å². The first-order valence-corrected chi connectivity index (χ1v) is 5.70. The summed E-state index contributed by atoms with van der Waals surface area (Å²) in [6.07, 6.45) is 3.41. The van der Waals surface area contributed by atoms with Crippen molar-refractivity contribution in [1.82, 2.24) is 0 Å². The number of thioether (sulfide) groups is 1. The van der Waals surface area contributed by atoms with Crippen LogP contribution in [0.1, 0.15) is 0 Å². The second-order valence-corrected chi connectivity index (χ2v) is 4.43. The van der Waals surface area contributed by atoms with E-state index in [9.17, 15) is 10.1 Å². The maximum atomic E-state index is 10.7. The van der Waals surface area contributed by atoms with Crippen LogP contribution in [-0.4, -0.2) is 4.92 Å². The summed E-state index contributed by atoms with van der Waals surface area (Å²) in [5.41, 5.74) is 1.80. The lowest BCUT2D eigenvalue weighted by Gasteiger charge is -2.20. The Kier molecular flexibility index (Phi) is 3.01. The molecule has 0 bridgehead atoms. The Bertz CT molecular complexity index is 549. The number of rotatable bonds is 3. The van der Waals surface area contributed by atoms with Crippen LogP contribution in [0, 0.1) is 10.1 Å². The first kappa shape index (κ1) is 11.5. The van der Waals surface area contributed by atoms with Gasteiger partial charge in [0.2, 0.25) is 0 Å². The predicted octanol–water partition coefficient (Wildman–Crippen LogP) is 3.70. The molecule has 1 N–H and O–H groups in total. The normalized spacial score (nSPS) is 13.6. The minimum absolute atomic E-state index is 0.0866. The summed E-state index contributed by atoms with van der Waals surface area (Å²) >= 11 is 1.44. The average molecular weight is 246 g/mol. The van der Waals surface area contributed by atoms with Gasteiger partial charge >= 0.3 is 0 Å². The summed E-state index contributed by atoms with van der Waals surface area (Å²) in [5, 5.41) is 13.8. The van der Waals surface area contributed by atoms with Crippen molar-refractivity contribution in [3.8, 4) is 0 Å². The van der Waals surface area contributed by atoms with Gasteiger partial charge in [0.05, 0.1) is 16.3 Å². The number of hydrogen-bond acceptors (Lipinski definition) is 4. The number of nitro groups is 1. The van der Waals surface area contributed by atoms with Crippen LogP contribution < -0.4 is 5.32 Å². The van der Waals surface area contributed by atoms with Gasteiger partial charge in [-0.25, -0.2) is 0 Å². The number of fused-ring (bicyclic) bond motifs is 1. The van der Waals surface area contributed by atoms with Gasteiger partial charge in [-0.2, -0.15) is 0 Å². The molecule has 86 valence electrons. The van der Waals surface area contributed by atoms with Gasteiger partial charge in [0.1, 0.15) is 0 Å². The zero-order valence-corrected chi connectivity index (χ0v) is 9.79. The molecule has 1 aliphatic rings. The number of non-ortho nitro benzene ring substituents is 1. The molecule has 0 spiro atoms. The summed E-state index contributed by atoms with van der Waals surface area (Å²) in [4.78, 5) is 12.0. The summed E-state index contributed by atoms with van der Waals surface area (Å²) < 4.78 is 0. The van der Waals surface area contributed by atoms with Crippen LogP contribution in [0.3, 0.4) is 0 Å². The van der Waals surface area contributed by atoms with Crippen LogP contribution >= 0.6 is 11.8 Å². The molecule has 0 fully saturated rings. The topological polar surface area (TPSA) is 55.2 Å². The standard InChI is InChI=1S/C12H10N2O2S/c1-3-9-11(4-2)17-12-7-8(14(15)16)5-6-10(12)13-9/h3-7,13H,1-2H2. The first-order valence-electron chi connectivity index (χ1n) is 4.88. The smallest absolute Gasteiger partial charge is 0.270 e. The Morgan fingerprint density at radius 2 is 2.12 bits per heavy atom. The lowest BCUT2D eigenvalue weighted by atomic mass is 10.2. The molecular formula is C12H10N2O2S. The molecule has 1 aliphatic heterocycles. The molecule has 0 saturated carbocycles. The van der Waals surface area contributed by atoms with E-state index in [1.165, 1.54) is 17.8 Å². The number of nitro benzene ring substituents is 1. The fourth-order valence-corrected chi connectivity index (χ4v) is 2.47. The van der Waals surface area contributed by atoms with E-state index in [0.717, 1.165) is 21.2 Å². The van der Waals surface area contributed by atoms with Crippen LogP contribution in [0.5, 0.6) is 0 Å². The first-order chi connectivity index (χ1) is 8.15. The van der Waals surface area contributed by atoms with E-state index in [2.05, 4.69) is 18.5 Å². The quantitative estimate of drug-likeness (QED) is 0.652. The zero-order chi connectivity index (χ0) is 12.4. The number of allylic oxidation sites excluding steroid dienone is 2. The van der Waals surface area contributed by atoms with Crippen molar-refractivity contribution in [3.63, 3.8) is 0 Å². The van der Waals surface area contributed by atoms with Crippen LogP contribution in [0.2, 0.25) is 0 Å². The van der Waals surface area contributed by atoms with Crippen molar-refractivity contribution in [3.05, 3.63) is 64.2 Å². The minimum Gasteiger partial charge on any atom is -0.354 e. The summed E-state index contributed by atoms with van der Waals surface area (Å²) in [6, 6.07) is 4.73. The van der Waals surface area contributed by atoms with E-state index in [0.29, 0.717) is 0 Å². The van der Waals surface area contributed by atoms with Gasteiger partial charge in [-0.05, 0) is 12.1 Å². The molecule has 17 heavy (non-hydrogen) atoms. The van der Waals surface area contributed by atoms with E-state index in [1.807, 2.05) is 0 Å². The predicted molar refractivity (Wildman–Crippen MR) is 70.0 cm³/mol. The van der Waals surface area contributed by atoms with Crippen LogP contribution in [-0.2, 0) is 0 Å². The van der Waals surface area contributed by atoms with Crippen LogP contribution in [0.25, 0.3) is 0 Å². The third-order valence-electron chi connectivity index (χ3n) is 2.32. The van der Waals surface area contributed by atoms with Gasteiger partial charge < -0.3 is 5.32 Å². The summed E-state index contributed by atoms with van der Waals surface area (Å²) in [5.74, 6) is 0. The molecule has 1 aromatic rings. The fourth-order valence-electron chi connectivity index (χ4n) is 1.50. The van der Waals surface area contributed by atoms with E-state index >= 15 is 0 Å². The van der Waals surface area contributed by atoms with Crippen molar-refractivity contribution in [2.45, 2.75) is 4.90 Å². The minimum atomic E-state index is -0.402. The molecule has 0 aliphatic carbocycles. The molecule has 4 nitrogen and oxygen atoms in total.